The summed E-state index contributed by atoms with van der Waals surface area (Å²) >= 11 is 2.79. The molecule has 2 aliphatic heterocycles. The largest absolute Gasteiger partial charge is 0.490 e. The zero-order valence-corrected chi connectivity index (χ0v) is 20.5. The Bertz CT molecular complexity index is 1310. The number of nitrogens with two attached hydrogens (primary N) is 1. The molecule has 2 atom stereocenters. The van der Waals surface area contributed by atoms with Gasteiger partial charge in [0.05, 0.1) is 16.8 Å². The maximum Gasteiger partial charge on any atom is 0.490 e. The van der Waals surface area contributed by atoms with Gasteiger partial charge in [0.1, 0.15) is 17.1 Å². The topological polar surface area (TPSA) is 175 Å². The molecule has 16 heteroatoms. The summed E-state index contributed by atoms with van der Waals surface area (Å²) in [5, 5.41) is 22.4. The number of rotatable bonds is 6. The summed E-state index contributed by atoms with van der Waals surface area (Å²) in [5.41, 5.74) is 7.81. The van der Waals surface area contributed by atoms with Gasteiger partial charge in [0, 0.05) is 11.4 Å². The molecule has 1 unspecified atom stereocenters. The first-order valence-corrected chi connectivity index (χ1v) is 12.2. The van der Waals surface area contributed by atoms with Crippen molar-refractivity contribution in [2.75, 3.05) is 23.3 Å². The highest BCUT2D eigenvalue weighted by Gasteiger charge is 2.53. The molecular weight excluding hydrogens is 539 g/mol. The number of hydrogen-bond acceptors (Lipinski definition) is 9. The van der Waals surface area contributed by atoms with E-state index in [-0.39, 0.29) is 18.1 Å². The van der Waals surface area contributed by atoms with Crippen LogP contribution in [0.15, 0.2) is 41.6 Å². The molecule has 37 heavy (non-hydrogen) atoms. The molecule has 2 aliphatic rings. The molecule has 0 bridgehead atoms. The maximum atomic E-state index is 12.6. The fourth-order valence-electron chi connectivity index (χ4n) is 3.43. The van der Waals surface area contributed by atoms with Gasteiger partial charge in [0.25, 0.3) is 5.91 Å². The van der Waals surface area contributed by atoms with Crippen LogP contribution in [0.2, 0.25) is 0 Å². The van der Waals surface area contributed by atoms with E-state index in [2.05, 4.69) is 15.6 Å². The van der Waals surface area contributed by atoms with Crippen LogP contribution in [-0.2, 0) is 19.2 Å². The summed E-state index contributed by atoms with van der Waals surface area (Å²) in [6, 6.07) is 4.73. The third-order valence-electron chi connectivity index (χ3n) is 4.99. The van der Waals surface area contributed by atoms with Crippen molar-refractivity contribution in [1.82, 2.24) is 15.2 Å². The third kappa shape index (κ3) is 6.32. The van der Waals surface area contributed by atoms with E-state index in [1.165, 1.54) is 28.0 Å². The number of hydrogen-bond donors (Lipinski definition) is 5. The Morgan fingerprint density at radius 1 is 1.30 bits per heavy atom. The first-order chi connectivity index (χ1) is 17.3. The number of benzene rings is 1. The summed E-state index contributed by atoms with van der Waals surface area (Å²) in [7, 11) is 0. The number of β-lactam (4-membered cyclic amide) rings is 1. The fraction of sp³-hybridized carbons (Fsp3) is 0.286. The van der Waals surface area contributed by atoms with Gasteiger partial charge in [0.15, 0.2) is 5.13 Å². The lowest BCUT2D eigenvalue weighted by molar-refractivity contribution is -0.192. The van der Waals surface area contributed by atoms with Crippen LogP contribution in [0.3, 0.4) is 0 Å². The normalized spacial score (nSPS) is 19.1. The number of nitrogens with zero attached hydrogens (tertiary/aromatic N) is 2. The molecule has 0 radical (unpaired) electrons. The van der Waals surface area contributed by atoms with Gasteiger partial charge >= 0.3 is 18.1 Å². The van der Waals surface area contributed by atoms with E-state index in [9.17, 15) is 32.7 Å². The first kappa shape index (κ1) is 27.8. The van der Waals surface area contributed by atoms with Gasteiger partial charge in [-0.15, -0.1) is 11.8 Å². The molecule has 1 saturated heterocycles. The number of nitrogen functional groups attached to an aromatic ring is 1. The predicted molar refractivity (Wildman–Crippen MR) is 131 cm³/mol. The molecular formula is C21H20F3N5O6S2. The van der Waals surface area contributed by atoms with Crippen LogP contribution in [0.5, 0.6) is 0 Å². The molecule has 2 aromatic rings. The maximum absolute atomic E-state index is 12.6. The minimum atomic E-state index is -5.08. The second-order valence-corrected chi connectivity index (χ2v) is 9.69. The number of carboxylic acid groups (broad SMARTS) is 2. The van der Waals surface area contributed by atoms with Crippen molar-refractivity contribution in [2.45, 2.75) is 24.5 Å². The van der Waals surface area contributed by atoms with Gasteiger partial charge in [-0.1, -0.05) is 23.5 Å². The number of amides is 2. The minimum absolute atomic E-state index is 0.0115. The standard InChI is InChI=1S/C19H19N5O4S2.C2HF3O2/c1-2-3-9-8-29-17-14(16(26)24(17)15(9)18(27)28)23-13(25)7-21-10-4-5-11-12(6-10)30-19(20)22-11;3-2(4,5)1(6)7/h2-6,14,17,21H,7-8H2,1H3,(H2,20,22)(H,23,25)(H,27,28);(H,6,7)/b3-2-;/t14?,17-;/m0./s1. The summed E-state index contributed by atoms with van der Waals surface area (Å²) in [5.74, 6) is -4.21. The zero-order valence-electron chi connectivity index (χ0n) is 18.9. The highest BCUT2D eigenvalue weighted by Crippen LogP contribution is 2.40. The lowest BCUT2D eigenvalue weighted by Crippen LogP contribution is -2.70. The monoisotopic (exact) mass is 559 g/mol. The quantitative estimate of drug-likeness (QED) is 0.330. The molecule has 11 nitrogen and oxygen atoms in total. The highest BCUT2D eigenvalue weighted by atomic mass is 32.2. The smallest absolute Gasteiger partial charge is 0.477 e. The molecule has 1 aromatic heterocycles. The van der Waals surface area contributed by atoms with E-state index in [0.29, 0.717) is 16.5 Å². The van der Waals surface area contributed by atoms with Crippen LogP contribution < -0.4 is 16.4 Å². The highest BCUT2D eigenvalue weighted by molar-refractivity contribution is 8.00. The first-order valence-electron chi connectivity index (χ1n) is 10.4. The Hall–Kier alpha value is -3.79. The van der Waals surface area contributed by atoms with Crippen molar-refractivity contribution >= 4 is 67.9 Å². The number of carboxylic acids is 2. The predicted octanol–water partition coefficient (Wildman–Crippen LogP) is 2.24. The van der Waals surface area contributed by atoms with Crippen LogP contribution in [0, 0.1) is 0 Å². The molecule has 3 heterocycles. The fourth-order valence-corrected chi connectivity index (χ4v) is 5.52. The number of halogens is 3. The van der Waals surface area contributed by atoms with Crippen LogP contribution in [-0.4, -0.2) is 73.7 Å². The van der Waals surface area contributed by atoms with Gasteiger partial charge < -0.3 is 26.6 Å². The van der Waals surface area contributed by atoms with Crippen molar-refractivity contribution < 1.29 is 42.6 Å². The van der Waals surface area contributed by atoms with Gasteiger partial charge in [-0.2, -0.15) is 13.2 Å². The van der Waals surface area contributed by atoms with Crippen molar-refractivity contribution in [1.29, 1.82) is 0 Å². The summed E-state index contributed by atoms with van der Waals surface area (Å²) in [6.45, 7) is 1.77. The Morgan fingerprint density at radius 3 is 2.57 bits per heavy atom. The van der Waals surface area contributed by atoms with E-state index < -0.39 is 35.4 Å². The molecule has 0 saturated carbocycles. The number of carbonyl (C=O) groups excluding carboxylic acids is 2. The molecule has 0 aliphatic carbocycles. The molecule has 1 aromatic carbocycles. The van der Waals surface area contributed by atoms with Crippen LogP contribution in [0.25, 0.3) is 10.2 Å². The van der Waals surface area contributed by atoms with E-state index in [1.54, 1.807) is 25.1 Å². The Balaban J connectivity index is 0.000000479. The molecule has 198 valence electrons. The molecule has 1 fully saturated rings. The number of alkyl halides is 3. The van der Waals surface area contributed by atoms with E-state index in [0.717, 1.165) is 15.9 Å². The molecule has 0 spiro atoms. The van der Waals surface area contributed by atoms with Crippen LogP contribution in [0.1, 0.15) is 6.92 Å². The second-order valence-electron chi connectivity index (χ2n) is 7.53. The third-order valence-corrected chi connectivity index (χ3v) is 7.13. The lowest BCUT2D eigenvalue weighted by atomic mass is 10.0. The van der Waals surface area contributed by atoms with Gasteiger partial charge in [0.2, 0.25) is 5.91 Å². The Kier molecular flexibility index (Phi) is 8.32. The van der Waals surface area contributed by atoms with Crippen LogP contribution in [0.4, 0.5) is 24.0 Å². The van der Waals surface area contributed by atoms with Crippen molar-refractivity contribution in [3.8, 4) is 0 Å². The summed E-state index contributed by atoms with van der Waals surface area (Å²) in [4.78, 5) is 50.9. The zero-order chi connectivity index (χ0) is 27.5. The van der Waals surface area contributed by atoms with Crippen LogP contribution >= 0.6 is 23.1 Å². The van der Waals surface area contributed by atoms with E-state index in [1.807, 2.05) is 12.1 Å². The summed E-state index contributed by atoms with van der Waals surface area (Å²) in [6.07, 6.45) is -1.64. The Labute approximate surface area is 215 Å². The number of aromatic nitrogens is 1. The lowest BCUT2D eigenvalue weighted by Gasteiger charge is -2.49. The van der Waals surface area contributed by atoms with Gasteiger partial charge in [-0.05, 0) is 30.7 Å². The van der Waals surface area contributed by atoms with Crippen molar-refractivity contribution in [3.63, 3.8) is 0 Å². The summed E-state index contributed by atoms with van der Waals surface area (Å²) < 4.78 is 32.6. The van der Waals surface area contributed by atoms with Gasteiger partial charge in [-0.25, -0.2) is 14.6 Å². The van der Waals surface area contributed by atoms with E-state index >= 15 is 0 Å². The van der Waals surface area contributed by atoms with Gasteiger partial charge in [-0.3, -0.25) is 14.5 Å². The number of anilines is 2. The number of carbonyl (C=O) groups is 4. The number of fused-ring (bicyclic) bond motifs is 2. The molecule has 4 rings (SSSR count). The van der Waals surface area contributed by atoms with Crippen molar-refractivity contribution in [2.24, 2.45) is 0 Å². The minimum Gasteiger partial charge on any atom is -0.477 e. The average molecular weight is 560 g/mol. The number of allylic oxidation sites excluding steroid dienone is 2. The number of nitrogens with one attached hydrogen (secondary N) is 2. The second kappa shape index (κ2) is 11.1. The molecule has 2 amide bonds. The van der Waals surface area contributed by atoms with E-state index in [4.69, 9.17) is 15.6 Å². The van der Waals surface area contributed by atoms with Crippen molar-refractivity contribution in [3.05, 3.63) is 41.6 Å². The Morgan fingerprint density at radius 2 is 1.97 bits per heavy atom. The number of aliphatic carboxylic acids is 2. The SMILES string of the molecule is C/C=C\C1=C(C(=O)O)N2C(=O)C(NC(=O)CNc3ccc4nc(N)sc4c3)[C@@H]2SC1.O=C(O)C(F)(F)F. The molecule has 6 N–H and O–H groups in total. The average Bonchev–Trinajstić information content (AvgIpc) is 3.20. The number of thiazole rings is 1. The number of thioether (sulfide) groups is 1.